The van der Waals surface area contributed by atoms with Crippen LogP contribution in [0.2, 0.25) is 0 Å². The molecular formula is C17H22N3O3+. The van der Waals surface area contributed by atoms with E-state index in [0.29, 0.717) is 13.0 Å². The van der Waals surface area contributed by atoms with E-state index in [-0.39, 0.29) is 17.8 Å². The Bertz CT molecular complexity index is 584. The lowest BCUT2D eigenvalue weighted by Gasteiger charge is -2.27. The fourth-order valence-corrected chi connectivity index (χ4v) is 2.83. The van der Waals surface area contributed by atoms with Crippen LogP contribution in [0.1, 0.15) is 18.4 Å². The third-order valence-corrected chi connectivity index (χ3v) is 4.16. The second kappa shape index (κ2) is 8.30. The highest BCUT2D eigenvalue weighted by Crippen LogP contribution is 2.11. The molecule has 1 amide bonds. The van der Waals surface area contributed by atoms with Gasteiger partial charge < -0.3 is 15.0 Å². The van der Waals surface area contributed by atoms with E-state index < -0.39 is 0 Å². The van der Waals surface area contributed by atoms with E-state index in [1.54, 1.807) is 0 Å². The van der Waals surface area contributed by atoms with Crippen LogP contribution >= 0.6 is 0 Å². The number of amides is 1. The van der Waals surface area contributed by atoms with Crippen molar-refractivity contribution in [1.29, 1.82) is 5.26 Å². The largest absolute Gasteiger partial charge is 0.469 e. The van der Waals surface area contributed by atoms with Gasteiger partial charge in [-0.3, -0.25) is 9.59 Å². The van der Waals surface area contributed by atoms with Gasteiger partial charge in [0, 0.05) is 18.5 Å². The van der Waals surface area contributed by atoms with Crippen LogP contribution in [-0.2, 0) is 20.7 Å². The highest BCUT2D eigenvalue weighted by Gasteiger charge is 2.28. The molecule has 0 aliphatic carbocycles. The molecule has 1 aliphatic heterocycles. The van der Waals surface area contributed by atoms with Crippen LogP contribution in [-0.4, -0.2) is 38.6 Å². The quantitative estimate of drug-likeness (QED) is 0.758. The van der Waals surface area contributed by atoms with Crippen LogP contribution in [0.3, 0.4) is 0 Å². The van der Waals surface area contributed by atoms with Crippen molar-refractivity contribution < 1.29 is 19.2 Å². The molecule has 0 saturated carbocycles. The van der Waals surface area contributed by atoms with E-state index in [1.807, 2.05) is 24.3 Å². The molecule has 2 N–H and O–H groups in total. The van der Waals surface area contributed by atoms with Crippen molar-refractivity contribution in [3.63, 3.8) is 0 Å². The Labute approximate surface area is 136 Å². The molecule has 2 rings (SSSR count). The summed E-state index contributed by atoms with van der Waals surface area (Å²) in [5, 5.41) is 11.5. The summed E-state index contributed by atoms with van der Waals surface area (Å²) in [6.45, 7) is 2.00. The minimum Gasteiger partial charge on any atom is -0.469 e. The Morgan fingerprint density at radius 1 is 1.30 bits per heavy atom. The van der Waals surface area contributed by atoms with Crippen molar-refractivity contribution in [3.8, 4) is 6.07 Å². The molecule has 1 fully saturated rings. The maximum atomic E-state index is 12.1. The van der Waals surface area contributed by atoms with E-state index in [4.69, 9.17) is 10.00 Å². The van der Waals surface area contributed by atoms with E-state index in [1.165, 1.54) is 12.0 Å². The zero-order valence-corrected chi connectivity index (χ0v) is 13.3. The normalized spacial score (nSPS) is 20.3. The number of piperidine rings is 1. The number of hydrogen-bond acceptors (Lipinski definition) is 4. The van der Waals surface area contributed by atoms with Crippen molar-refractivity contribution in [3.05, 3.63) is 29.8 Å². The average Bonchev–Trinajstić information content (AvgIpc) is 2.57. The molecule has 0 atom stereocenters. The van der Waals surface area contributed by atoms with Gasteiger partial charge >= 0.3 is 5.97 Å². The monoisotopic (exact) mass is 316 g/mol. The molecule has 1 heterocycles. The Hall–Kier alpha value is -2.39. The van der Waals surface area contributed by atoms with E-state index in [2.05, 4.69) is 11.4 Å². The van der Waals surface area contributed by atoms with E-state index in [0.717, 1.165) is 37.2 Å². The molecule has 122 valence electrons. The molecule has 23 heavy (non-hydrogen) atoms. The average molecular weight is 316 g/mol. The van der Waals surface area contributed by atoms with Gasteiger partial charge in [0.25, 0.3) is 5.91 Å². The fourth-order valence-electron chi connectivity index (χ4n) is 2.83. The first-order valence-corrected chi connectivity index (χ1v) is 7.79. The summed E-state index contributed by atoms with van der Waals surface area (Å²) in [5.41, 5.74) is 1.67. The van der Waals surface area contributed by atoms with Crippen LogP contribution < -0.4 is 10.2 Å². The summed E-state index contributed by atoms with van der Waals surface area (Å²) >= 11 is 0. The molecule has 1 saturated heterocycles. The van der Waals surface area contributed by atoms with Crippen LogP contribution in [0.4, 0.5) is 5.69 Å². The number of esters is 1. The first kappa shape index (κ1) is 17.0. The van der Waals surface area contributed by atoms with Gasteiger partial charge in [0.15, 0.2) is 6.54 Å². The third-order valence-electron chi connectivity index (χ3n) is 4.16. The molecule has 0 bridgehead atoms. The number of nitrogens with one attached hydrogen (secondary N) is 2. The van der Waals surface area contributed by atoms with Crippen molar-refractivity contribution in [1.82, 2.24) is 0 Å². The number of nitrogens with zero attached hydrogens (tertiary/aromatic N) is 1. The van der Waals surface area contributed by atoms with Crippen molar-refractivity contribution in [2.75, 3.05) is 32.1 Å². The molecule has 6 nitrogen and oxygen atoms in total. The molecular weight excluding hydrogens is 294 g/mol. The zero-order chi connectivity index (χ0) is 16.7. The molecule has 1 aliphatic rings. The number of methoxy groups -OCH3 is 1. The van der Waals surface area contributed by atoms with Gasteiger partial charge in [0.2, 0.25) is 0 Å². The number of ether oxygens (including phenoxy) is 1. The molecule has 0 spiro atoms. The summed E-state index contributed by atoms with van der Waals surface area (Å²) in [5.74, 6) is -0.213. The van der Waals surface area contributed by atoms with Crippen molar-refractivity contribution >= 4 is 17.6 Å². The summed E-state index contributed by atoms with van der Waals surface area (Å²) in [4.78, 5) is 24.8. The van der Waals surface area contributed by atoms with E-state index in [9.17, 15) is 9.59 Å². The van der Waals surface area contributed by atoms with Gasteiger partial charge in [-0.2, -0.15) is 5.26 Å². The second-order valence-corrected chi connectivity index (χ2v) is 5.80. The zero-order valence-electron chi connectivity index (χ0n) is 13.3. The van der Waals surface area contributed by atoms with Gasteiger partial charge in [-0.25, -0.2) is 0 Å². The number of rotatable bonds is 5. The summed E-state index contributed by atoms with van der Waals surface area (Å²) in [6.07, 6.45) is 1.89. The highest BCUT2D eigenvalue weighted by atomic mass is 16.5. The molecule has 1 aromatic carbocycles. The van der Waals surface area contributed by atoms with E-state index >= 15 is 0 Å². The maximum absolute atomic E-state index is 12.1. The van der Waals surface area contributed by atoms with Crippen molar-refractivity contribution in [2.24, 2.45) is 5.92 Å². The maximum Gasteiger partial charge on any atom is 0.309 e. The van der Waals surface area contributed by atoms with Gasteiger partial charge in [-0.15, -0.1) is 0 Å². The Kier molecular flexibility index (Phi) is 6.12. The third kappa shape index (κ3) is 5.08. The van der Waals surface area contributed by atoms with Crippen molar-refractivity contribution in [2.45, 2.75) is 19.3 Å². The number of hydrogen-bond donors (Lipinski definition) is 2. The van der Waals surface area contributed by atoms with Gasteiger partial charge in [0.1, 0.15) is 0 Å². The second-order valence-electron chi connectivity index (χ2n) is 5.80. The predicted molar refractivity (Wildman–Crippen MR) is 84.7 cm³/mol. The Morgan fingerprint density at radius 2 is 1.96 bits per heavy atom. The van der Waals surface area contributed by atoms with Gasteiger partial charge in [0.05, 0.1) is 38.6 Å². The first-order chi connectivity index (χ1) is 11.1. The highest BCUT2D eigenvalue weighted by molar-refractivity contribution is 5.91. The predicted octanol–water partition coefficient (Wildman–Crippen LogP) is 0.159. The SMILES string of the molecule is COC(=O)C1CC[NH+](CC(=O)Nc2ccc(CC#N)cc2)CC1. The Balaban J connectivity index is 1.77. The fraction of sp³-hybridized carbons (Fsp3) is 0.471. The van der Waals surface area contributed by atoms with Gasteiger partial charge in [-0.1, -0.05) is 12.1 Å². The van der Waals surface area contributed by atoms with Crippen LogP contribution in [0, 0.1) is 17.2 Å². The summed E-state index contributed by atoms with van der Waals surface area (Å²) < 4.78 is 4.76. The number of carbonyl (C=O) groups excluding carboxylic acids is 2. The minimum absolute atomic E-state index is 0.0283. The molecule has 0 unspecified atom stereocenters. The number of benzene rings is 1. The van der Waals surface area contributed by atoms with Crippen LogP contribution in [0.25, 0.3) is 0 Å². The molecule has 6 heteroatoms. The summed E-state index contributed by atoms with van der Waals surface area (Å²) in [7, 11) is 1.41. The molecule has 0 aromatic heterocycles. The number of anilines is 1. The minimum atomic E-state index is -0.147. The number of nitriles is 1. The lowest BCUT2D eigenvalue weighted by Crippen LogP contribution is -3.14. The number of quaternary nitrogens is 1. The summed E-state index contributed by atoms with van der Waals surface area (Å²) in [6, 6.07) is 9.39. The first-order valence-electron chi connectivity index (χ1n) is 7.79. The molecule has 0 radical (unpaired) electrons. The smallest absolute Gasteiger partial charge is 0.309 e. The topological polar surface area (TPSA) is 83.6 Å². The lowest BCUT2D eigenvalue weighted by molar-refractivity contribution is -0.897. The Morgan fingerprint density at radius 3 is 2.52 bits per heavy atom. The van der Waals surface area contributed by atoms with Gasteiger partial charge in [-0.05, 0) is 17.7 Å². The molecule has 1 aromatic rings. The van der Waals surface area contributed by atoms with Crippen LogP contribution in [0.5, 0.6) is 0 Å². The van der Waals surface area contributed by atoms with Crippen LogP contribution in [0.15, 0.2) is 24.3 Å². The standard InChI is InChI=1S/C17H21N3O3/c1-23-17(22)14-7-10-20(11-8-14)12-16(21)19-15-4-2-13(3-5-15)6-9-18/h2-5,14H,6-8,10-12H2,1H3,(H,19,21)/p+1. The lowest BCUT2D eigenvalue weighted by atomic mass is 9.97. The number of likely N-dealkylation sites (tertiary alicyclic amines) is 1. The number of carbonyl (C=O) groups is 2.